The molecule has 3 rings (SSSR count). The number of ether oxygens (including phenoxy) is 5. The Bertz CT molecular complexity index is 642. The van der Waals surface area contributed by atoms with Crippen LogP contribution in [0.15, 0.2) is 36.4 Å². The number of fused-ring (bicyclic) bond motifs is 1. The van der Waals surface area contributed by atoms with Gasteiger partial charge in [-0.05, 0) is 25.0 Å². The molecule has 7 nitrogen and oxygen atoms in total. The Morgan fingerprint density at radius 2 is 2.00 bits per heavy atom. The van der Waals surface area contributed by atoms with Gasteiger partial charge >= 0.3 is 5.97 Å². The fourth-order valence-corrected chi connectivity index (χ4v) is 3.21. The van der Waals surface area contributed by atoms with Crippen molar-refractivity contribution in [3.05, 3.63) is 42.0 Å². The first-order chi connectivity index (χ1) is 13.1. The lowest BCUT2D eigenvalue weighted by molar-refractivity contribution is -0.267. The Labute approximate surface area is 158 Å². The van der Waals surface area contributed by atoms with Crippen LogP contribution in [0.3, 0.4) is 0 Å². The number of hydrogen-bond donors (Lipinski definition) is 1. The molecule has 1 N–H and O–H groups in total. The zero-order valence-corrected chi connectivity index (χ0v) is 15.6. The molecule has 2 heterocycles. The van der Waals surface area contributed by atoms with Gasteiger partial charge in [-0.2, -0.15) is 0 Å². The van der Waals surface area contributed by atoms with Gasteiger partial charge in [0.05, 0.1) is 33.0 Å². The van der Waals surface area contributed by atoms with Crippen LogP contribution in [0.4, 0.5) is 0 Å². The Morgan fingerprint density at radius 3 is 2.70 bits per heavy atom. The molecule has 7 heteroatoms. The number of carbonyl (C=O) groups excluding carboxylic acids is 1. The van der Waals surface area contributed by atoms with E-state index >= 15 is 0 Å². The first kappa shape index (κ1) is 19.8. The van der Waals surface area contributed by atoms with Crippen LogP contribution in [0, 0.1) is 0 Å². The zero-order valence-electron chi connectivity index (χ0n) is 15.6. The van der Waals surface area contributed by atoms with Crippen LogP contribution in [0.5, 0.6) is 5.75 Å². The molecule has 0 amide bonds. The molecule has 0 aliphatic carbocycles. The van der Waals surface area contributed by atoms with Crippen LogP contribution in [-0.2, 0) is 23.7 Å². The molecule has 1 saturated heterocycles. The second-order valence-electron chi connectivity index (χ2n) is 6.60. The maximum Gasteiger partial charge on any atom is 0.305 e. The number of esters is 1. The molecule has 0 bridgehead atoms. The van der Waals surface area contributed by atoms with Gasteiger partial charge in [-0.25, -0.2) is 0 Å². The smallest absolute Gasteiger partial charge is 0.305 e. The Hall–Kier alpha value is -1.93. The van der Waals surface area contributed by atoms with Crippen LogP contribution in [0.1, 0.15) is 31.1 Å². The molecule has 27 heavy (non-hydrogen) atoms. The Morgan fingerprint density at radius 1 is 1.22 bits per heavy atom. The van der Waals surface area contributed by atoms with E-state index in [-0.39, 0.29) is 24.6 Å². The van der Waals surface area contributed by atoms with Crippen LogP contribution >= 0.6 is 0 Å². The lowest BCUT2D eigenvalue weighted by Gasteiger charge is -2.39. The fraction of sp³-hybridized carbons (Fsp3) is 0.550. The van der Waals surface area contributed by atoms with E-state index in [2.05, 4.69) is 4.74 Å². The number of aliphatic hydroxyl groups is 1. The standard InChI is InChI=1S/C20H26O7/c1-23-14-8-6-13(7-9-14)20-25-12-18-17(27-20)5-3-4-15(21)16(26-18)10-11-19(22)24-2/h3,5-9,15-18,20-21H,4,10-12H2,1-2H3/b5-3-/t15-,16+,17+,18-,20-/m1/s1. The maximum absolute atomic E-state index is 11.4. The van der Waals surface area contributed by atoms with Gasteiger partial charge in [0.2, 0.25) is 0 Å². The third kappa shape index (κ3) is 5.07. The molecule has 2 aliphatic heterocycles. The van der Waals surface area contributed by atoms with E-state index in [9.17, 15) is 9.90 Å². The quantitative estimate of drug-likeness (QED) is 0.621. The number of methoxy groups -OCH3 is 2. The van der Waals surface area contributed by atoms with Crippen LogP contribution in [0.25, 0.3) is 0 Å². The maximum atomic E-state index is 11.4. The zero-order chi connectivity index (χ0) is 19.2. The first-order valence-electron chi connectivity index (χ1n) is 9.08. The summed E-state index contributed by atoms with van der Waals surface area (Å²) < 4.78 is 27.8. The highest BCUT2D eigenvalue weighted by molar-refractivity contribution is 5.69. The summed E-state index contributed by atoms with van der Waals surface area (Å²) in [5.41, 5.74) is 0.895. The summed E-state index contributed by atoms with van der Waals surface area (Å²) in [6, 6.07) is 7.52. The van der Waals surface area contributed by atoms with E-state index in [1.165, 1.54) is 7.11 Å². The number of benzene rings is 1. The molecule has 0 spiro atoms. The SMILES string of the molecule is COC(=O)CC[C@@H]1O[C@@H]2CO[C@@H](c3ccc(OC)cc3)O[C@H]2/C=C\C[C@H]1O. The Kier molecular flexibility index (Phi) is 6.84. The van der Waals surface area contributed by atoms with Gasteiger partial charge in [0.25, 0.3) is 0 Å². The number of rotatable bonds is 5. The molecule has 0 aromatic heterocycles. The van der Waals surface area contributed by atoms with Crippen molar-refractivity contribution >= 4 is 5.97 Å². The predicted octanol–water partition coefficient (Wildman–Crippen LogP) is 2.14. The summed E-state index contributed by atoms with van der Waals surface area (Å²) >= 11 is 0. The van der Waals surface area contributed by atoms with Gasteiger partial charge in [0.15, 0.2) is 6.29 Å². The van der Waals surface area contributed by atoms with Crippen molar-refractivity contribution in [2.24, 2.45) is 0 Å². The second-order valence-corrected chi connectivity index (χ2v) is 6.60. The highest BCUT2D eigenvalue weighted by Gasteiger charge is 2.36. The molecular weight excluding hydrogens is 352 g/mol. The van der Waals surface area contributed by atoms with Crippen molar-refractivity contribution in [3.63, 3.8) is 0 Å². The minimum atomic E-state index is -0.689. The molecule has 148 valence electrons. The normalized spacial score (nSPS) is 31.9. The second kappa shape index (κ2) is 9.32. The van der Waals surface area contributed by atoms with E-state index in [4.69, 9.17) is 18.9 Å². The summed E-state index contributed by atoms with van der Waals surface area (Å²) in [7, 11) is 2.97. The lowest BCUT2D eigenvalue weighted by atomic mass is 10.0. The summed E-state index contributed by atoms with van der Waals surface area (Å²) in [6.07, 6.45) is 2.50. The topological polar surface area (TPSA) is 83.5 Å². The van der Waals surface area contributed by atoms with Crippen molar-refractivity contribution in [3.8, 4) is 5.75 Å². The average Bonchev–Trinajstić information content (AvgIpc) is 2.70. The number of aliphatic hydroxyl groups excluding tert-OH is 1. The molecule has 0 saturated carbocycles. The predicted molar refractivity (Wildman–Crippen MR) is 96.2 cm³/mol. The Balaban J connectivity index is 1.65. The fourth-order valence-electron chi connectivity index (χ4n) is 3.21. The molecule has 1 aromatic rings. The van der Waals surface area contributed by atoms with Gasteiger partial charge < -0.3 is 28.8 Å². The number of carbonyl (C=O) groups is 1. The van der Waals surface area contributed by atoms with Gasteiger partial charge in [0, 0.05) is 12.0 Å². The third-order valence-electron chi connectivity index (χ3n) is 4.79. The van der Waals surface area contributed by atoms with Crippen LogP contribution in [0.2, 0.25) is 0 Å². The van der Waals surface area contributed by atoms with Crippen LogP contribution in [-0.4, -0.2) is 56.3 Å². The summed E-state index contributed by atoms with van der Waals surface area (Å²) in [5.74, 6) is 0.444. The van der Waals surface area contributed by atoms with Crippen molar-refractivity contribution in [1.29, 1.82) is 0 Å². The van der Waals surface area contributed by atoms with E-state index in [1.807, 2.05) is 36.4 Å². The molecule has 0 unspecified atom stereocenters. The van der Waals surface area contributed by atoms with Gasteiger partial charge in [-0.1, -0.05) is 24.3 Å². The molecule has 2 aliphatic rings. The molecule has 0 radical (unpaired) electrons. The first-order valence-corrected chi connectivity index (χ1v) is 9.08. The third-order valence-corrected chi connectivity index (χ3v) is 4.79. The molecule has 5 atom stereocenters. The van der Waals surface area contributed by atoms with Crippen molar-refractivity contribution in [2.45, 2.75) is 50.0 Å². The van der Waals surface area contributed by atoms with Gasteiger partial charge in [0.1, 0.15) is 18.0 Å². The minimum absolute atomic E-state index is 0.190. The number of hydrogen-bond acceptors (Lipinski definition) is 7. The largest absolute Gasteiger partial charge is 0.497 e. The molecule has 1 fully saturated rings. The monoisotopic (exact) mass is 378 g/mol. The molecular formula is C20H26O7. The van der Waals surface area contributed by atoms with E-state index in [1.54, 1.807) is 7.11 Å². The van der Waals surface area contributed by atoms with Crippen LogP contribution < -0.4 is 4.74 Å². The summed E-state index contributed by atoms with van der Waals surface area (Å²) in [4.78, 5) is 11.4. The van der Waals surface area contributed by atoms with E-state index in [0.29, 0.717) is 19.4 Å². The summed E-state index contributed by atoms with van der Waals surface area (Å²) in [5, 5.41) is 10.3. The van der Waals surface area contributed by atoms with Crippen molar-refractivity contribution in [2.75, 3.05) is 20.8 Å². The minimum Gasteiger partial charge on any atom is -0.497 e. The van der Waals surface area contributed by atoms with E-state index in [0.717, 1.165) is 11.3 Å². The van der Waals surface area contributed by atoms with Crippen molar-refractivity contribution in [1.82, 2.24) is 0 Å². The van der Waals surface area contributed by atoms with Gasteiger partial charge in [-0.3, -0.25) is 4.79 Å². The van der Waals surface area contributed by atoms with Gasteiger partial charge in [-0.15, -0.1) is 0 Å². The highest BCUT2D eigenvalue weighted by Crippen LogP contribution is 2.31. The molecule has 1 aromatic carbocycles. The van der Waals surface area contributed by atoms with E-state index < -0.39 is 18.5 Å². The average molecular weight is 378 g/mol. The highest BCUT2D eigenvalue weighted by atomic mass is 16.7. The lowest BCUT2D eigenvalue weighted by Crippen LogP contribution is -2.46. The summed E-state index contributed by atoms with van der Waals surface area (Å²) in [6.45, 7) is 0.327. The van der Waals surface area contributed by atoms with Crippen molar-refractivity contribution < 1.29 is 33.6 Å².